The molecule has 0 saturated carbocycles. The molecule has 2 aromatic carbocycles. The van der Waals surface area contributed by atoms with Crippen molar-refractivity contribution in [3.8, 4) is 5.75 Å². The van der Waals surface area contributed by atoms with Gasteiger partial charge in [-0.25, -0.2) is 8.78 Å². The number of nitrogens with one attached hydrogen (secondary N) is 1. The fraction of sp³-hybridized carbons (Fsp3) is 0.500. The maximum absolute atomic E-state index is 15.7. The number of halogens is 3. The Morgan fingerprint density at radius 3 is 2.66 bits per heavy atom. The highest BCUT2D eigenvalue weighted by atomic mass is 19.1. The smallest absolute Gasteiger partial charge is 0.132 e. The summed E-state index contributed by atoms with van der Waals surface area (Å²) in [6.45, 7) is 8.23. The molecule has 0 aliphatic carbocycles. The van der Waals surface area contributed by atoms with Gasteiger partial charge in [0.15, 0.2) is 0 Å². The lowest BCUT2D eigenvalue weighted by Crippen LogP contribution is -2.49. The predicted octanol–water partition coefficient (Wildman–Crippen LogP) is 5.59. The van der Waals surface area contributed by atoms with Crippen molar-refractivity contribution in [2.24, 2.45) is 5.92 Å². The van der Waals surface area contributed by atoms with E-state index in [1.54, 1.807) is 13.8 Å². The summed E-state index contributed by atoms with van der Waals surface area (Å²) in [5, 5.41) is 1.14. The third-order valence-corrected chi connectivity index (χ3v) is 7.22. The van der Waals surface area contributed by atoms with E-state index in [0.29, 0.717) is 31.0 Å². The van der Waals surface area contributed by atoms with Gasteiger partial charge in [-0.2, -0.15) is 0 Å². The van der Waals surface area contributed by atoms with Gasteiger partial charge < -0.3 is 9.72 Å². The summed E-state index contributed by atoms with van der Waals surface area (Å²) < 4.78 is 49.0. The molecule has 0 unspecified atom stereocenters. The highest BCUT2D eigenvalue weighted by molar-refractivity contribution is 5.85. The van der Waals surface area contributed by atoms with Crippen molar-refractivity contribution in [2.45, 2.75) is 38.9 Å². The van der Waals surface area contributed by atoms with E-state index in [1.165, 1.54) is 11.6 Å². The Hall–Kier alpha value is -2.51. The number of aromatic amines is 1. The van der Waals surface area contributed by atoms with E-state index in [2.05, 4.69) is 20.9 Å². The maximum Gasteiger partial charge on any atom is 0.132 e. The van der Waals surface area contributed by atoms with Crippen LogP contribution in [0.2, 0.25) is 0 Å². The number of aromatic nitrogens is 1. The molecular weight excluding hydrogens is 451 g/mol. The van der Waals surface area contributed by atoms with Crippen LogP contribution in [0.5, 0.6) is 5.75 Å². The van der Waals surface area contributed by atoms with E-state index in [4.69, 9.17) is 4.74 Å². The van der Waals surface area contributed by atoms with E-state index >= 15 is 4.39 Å². The van der Waals surface area contributed by atoms with Gasteiger partial charge in [0.2, 0.25) is 0 Å². The summed E-state index contributed by atoms with van der Waals surface area (Å²) >= 11 is 0. The van der Waals surface area contributed by atoms with E-state index in [1.807, 2.05) is 31.2 Å². The third-order valence-electron chi connectivity index (χ3n) is 7.22. The molecule has 1 saturated heterocycles. The van der Waals surface area contributed by atoms with Crippen molar-refractivity contribution in [3.63, 3.8) is 0 Å². The number of hydrogen-bond acceptors (Lipinski definition) is 3. The predicted molar refractivity (Wildman–Crippen MR) is 133 cm³/mol. The topological polar surface area (TPSA) is 31.5 Å². The summed E-state index contributed by atoms with van der Waals surface area (Å²) in [4.78, 5) is 7.71. The summed E-state index contributed by atoms with van der Waals surface area (Å²) in [6, 6.07) is 11.0. The van der Waals surface area contributed by atoms with Crippen LogP contribution in [0, 0.1) is 18.7 Å². The Kier molecular flexibility index (Phi) is 6.57. The molecule has 35 heavy (non-hydrogen) atoms. The minimum atomic E-state index is -1.41. The number of alkyl halides is 2. The Bertz CT molecular complexity index is 1170. The number of likely N-dealkylation sites (tertiary alicyclic amines) is 1. The average molecular weight is 486 g/mol. The molecule has 2 aliphatic rings. The van der Waals surface area contributed by atoms with E-state index in [9.17, 15) is 8.78 Å². The Morgan fingerprint density at radius 1 is 1.17 bits per heavy atom. The van der Waals surface area contributed by atoms with Crippen LogP contribution in [0.25, 0.3) is 10.9 Å². The van der Waals surface area contributed by atoms with Crippen molar-refractivity contribution in [3.05, 3.63) is 64.6 Å². The standard InChI is InChI=1S/C28H34F3N3O/c1-18-12-20(35-11-10-33-15-19(14-29)16-33)13-23(30)25(18)27-26-22(8-9-34(27)17-28(2,3)31)21-6-4-5-7-24(21)32-26/h4-7,12-13,19,27,32H,8-11,14-17H2,1-3H3/t27-/m0/s1. The molecule has 0 bridgehead atoms. The van der Waals surface area contributed by atoms with Crippen LogP contribution < -0.4 is 4.74 Å². The normalized spacial score (nSPS) is 19.7. The molecule has 3 heterocycles. The molecule has 5 rings (SSSR count). The Labute approximate surface area is 205 Å². The molecule has 1 aromatic heterocycles. The fourth-order valence-electron chi connectivity index (χ4n) is 5.67. The first-order valence-corrected chi connectivity index (χ1v) is 12.5. The van der Waals surface area contributed by atoms with Crippen LogP contribution in [0.15, 0.2) is 36.4 Å². The highest BCUT2D eigenvalue weighted by Gasteiger charge is 2.37. The minimum absolute atomic E-state index is 0.135. The number of ether oxygens (including phenoxy) is 1. The molecule has 0 spiro atoms. The van der Waals surface area contributed by atoms with Gasteiger partial charge in [0.05, 0.1) is 12.7 Å². The van der Waals surface area contributed by atoms with E-state index in [-0.39, 0.29) is 25.0 Å². The minimum Gasteiger partial charge on any atom is -0.492 e. The van der Waals surface area contributed by atoms with Crippen LogP contribution in [-0.4, -0.2) is 66.5 Å². The molecule has 7 heteroatoms. The van der Waals surface area contributed by atoms with Crippen LogP contribution in [-0.2, 0) is 6.42 Å². The van der Waals surface area contributed by atoms with Gasteiger partial charge in [-0.05, 0) is 50.5 Å². The molecular formula is C28H34F3N3O. The first kappa shape index (κ1) is 24.2. The number of nitrogens with zero attached hydrogens (tertiary/aromatic N) is 2. The van der Waals surface area contributed by atoms with Crippen molar-refractivity contribution >= 4 is 10.9 Å². The molecule has 188 valence electrons. The lowest BCUT2D eigenvalue weighted by molar-refractivity contribution is 0.0667. The number of aryl methyl sites for hydroxylation is 1. The SMILES string of the molecule is Cc1cc(OCCN2CC(CF)C2)cc(F)c1[C@H]1c2[nH]c3ccccc3c2CCN1CC(C)(C)F. The highest BCUT2D eigenvalue weighted by Crippen LogP contribution is 2.42. The summed E-state index contributed by atoms with van der Waals surface area (Å²) in [6.07, 6.45) is 0.785. The van der Waals surface area contributed by atoms with Crippen LogP contribution >= 0.6 is 0 Å². The third kappa shape index (κ3) is 4.94. The maximum atomic E-state index is 15.7. The van der Waals surface area contributed by atoms with Gasteiger partial charge in [-0.3, -0.25) is 14.2 Å². The number of para-hydroxylation sites is 1. The molecule has 1 N–H and O–H groups in total. The second-order valence-corrected chi connectivity index (χ2v) is 10.7. The molecule has 4 nitrogen and oxygen atoms in total. The van der Waals surface area contributed by atoms with Crippen molar-refractivity contribution in [1.29, 1.82) is 0 Å². The quantitative estimate of drug-likeness (QED) is 0.451. The zero-order valence-corrected chi connectivity index (χ0v) is 20.7. The van der Waals surface area contributed by atoms with E-state index < -0.39 is 11.7 Å². The van der Waals surface area contributed by atoms with Crippen LogP contribution in [0.1, 0.15) is 42.3 Å². The van der Waals surface area contributed by atoms with Gasteiger partial charge in [-0.15, -0.1) is 0 Å². The molecule has 3 aromatic rings. The lowest BCUT2D eigenvalue weighted by atomic mass is 9.89. The first-order valence-electron chi connectivity index (χ1n) is 12.5. The number of fused-ring (bicyclic) bond motifs is 3. The average Bonchev–Trinajstić information content (AvgIpc) is 3.14. The molecule has 2 aliphatic heterocycles. The summed E-state index contributed by atoms with van der Waals surface area (Å²) in [5.41, 5.74) is 3.06. The van der Waals surface area contributed by atoms with E-state index in [0.717, 1.165) is 41.7 Å². The summed E-state index contributed by atoms with van der Waals surface area (Å²) in [7, 11) is 0. The monoisotopic (exact) mass is 485 g/mol. The molecule has 1 atom stereocenters. The second kappa shape index (κ2) is 9.51. The Balaban J connectivity index is 1.44. The molecule has 0 amide bonds. The number of benzene rings is 2. The van der Waals surface area contributed by atoms with Crippen molar-refractivity contribution < 1.29 is 17.9 Å². The first-order chi connectivity index (χ1) is 16.7. The fourth-order valence-corrected chi connectivity index (χ4v) is 5.67. The van der Waals surface area contributed by atoms with Crippen LogP contribution in [0.3, 0.4) is 0 Å². The van der Waals surface area contributed by atoms with Crippen molar-refractivity contribution in [2.75, 3.05) is 46.0 Å². The zero-order valence-electron chi connectivity index (χ0n) is 20.7. The second-order valence-electron chi connectivity index (χ2n) is 10.7. The largest absolute Gasteiger partial charge is 0.492 e. The molecule has 1 fully saturated rings. The lowest BCUT2D eigenvalue weighted by Gasteiger charge is -2.39. The van der Waals surface area contributed by atoms with Gasteiger partial charge in [0, 0.05) is 66.9 Å². The van der Waals surface area contributed by atoms with Crippen LogP contribution in [0.4, 0.5) is 13.2 Å². The zero-order chi connectivity index (χ0) is 24.7. The van der Waals surface area contributed by atoms with Gasteiger partial charge in [-0.1, -0.05) is 18.2 Å². The van der Waals surface area contributed by atoms with Gasteiger partial charge in [0.25, 0.3) is 0 Å². The van der Waals surface area contributed by atoms with Gasteiger partial charge in [0.1, 0.15) is 23.8 Å². The summed E-state index contributed by atoms with van der Waals surface area (Å²) in [5.74, 6) is 0.271. The molecule has 0 radical (unpaired) electrons. The van der Waals surface area contributed by atoms with Crippen molar-refractivity contribution in [1.82, 2.24) is 14.8 Å². The number of rotatable bonds is 8. The number of H-pyrrole nitrogens is 1. The Morgan fingerprint density at radius 2 is 1.94 bits per heavy atom. The van der Waals surface area contributed by atoms with Gasteiger partial charge >= 0.3 is 0 Å². The number of hydrogen-bond donors (Lipinski definition) is 1.